The quantitative estimate of drug-likeness (QED) is 0.0635. The number of aliphatic hydroxyl groups excluding tert-OH is 15. The van der Waals surface area contributed by atoms with Crippen LogP contribution in [0.1, 0.15) is 112 Å². The highest BCUT2D eigenvalue weighted by molar-refractivity contribution is 5.12. The van der Waals surface area contributed by atoms with Crippen molar-refractivity contribution in [2.24, 2.45) is 46.3 Å². The minimum absolute atomic E-state index is 0.0327. The van der Waals surface area contributed by atoms with Gasteiger partial charge in [-0.25, -0.2) is 0 Å². The lowest BCUT2D eigenvalue weighted by Crippen LogP contribution is -2.69. The summed E-state index contributed by atoms with van der Waals surface area (Å²) in [5, 5.41) is 165. The van der Waals surface area contributed by atoms with Gasteiger partial charge in [-0.15, -0.1) is 0 Å². The van der Waals surface area contributed by atoms with Gasteiger partial charge in [-0.05, 0) is 118 Å². The Morgan fingerprint density at radius 2 is 0.965 bits per heavy atom. The van der Waals surface area contributed by atoms with Crippen molar-refractivity contribution in [1.82, 2.24) is 0 Å². The maximum absolute atomic E-state index is 12.0. The molecule has 0 amide bonds. The Labute approximate surface area is 495 Å². The highest BCUT2D eigenvalue weighted by Gasteiger charge is 2.64. The molecular weight excluding hydrogens is 1130 g/mol. The van der Waals surface area contributed by atoms with Crippen LogP contribution in [-0.2, 0) is 56.8 Å². The Morgan fingerprint density at radius 3 is 1.60 bits per heavy atom. The van der Waals surface area contributed by atoms with Crippen molar-refractivity contribution in [1.29, 1.82) is 0 Å². The highest BCUT2D eigenvalue weighted by atomic mass is 16.8. The molecule has 10 aliphatic rings. The molecule has 6 aliphatic heterocycles. The van der Waals surface area contributed by atoms with E-state index in [1.165, 1.54) is 6.92 Å². The third-order valence-corrected chi connectivity index (χ3v) is 22.0. The fourth-order valence-electron chi connectivity index (χ4n) is 16.9. The van der Waals surface area contributed by atoms with Gasteiger partial charge in [-0.3, -0.25) is 0 Å². The number of aliphatic hydroxyl groups is 15. The van der Waals surface area contributed by atoms with E-state index in [2.05, 4.69) is 34.6 Å². The summed E-state index contributed by atoms with van der Waals surface area (Å²) in [5.41, 5.74) is 0.199. The van der Waals surface area contributed by atoms with Gasteiger partial charge in [0, 0.05) is 6.42 Å². The monoisotopic (exact) mass is 1230 g/mol. The fourth-order valence-corrected chi connectivity index (χ4v) is 16.9. The molecule has 4 saturated carbocycles. The molecule has 0 radical (unpaired) electrons. The molecule has 10 rings (SSSR count). The molecule has 10 fully saturated rings. The van der Waals surface area contributed by atoms with E-state index < -0.39 is 192 Å². The number of hydrogen-bond donors (Lipinski definition) is 15. The summed E-state index contributed by atoms with van der Waals surface area (Å²) in [6.07, 6.45) is -35.3. The van der Waals surface area contributed by atoms with E-state index in [1.807, 2.05) is 0 Å². The van der Waals surface area contributed by atoms with Crippen molar-refractivity contribution < 1.29 is 133 Å². The second-order valence-electron chi connectivity index (χ2n) is 27.1. The summed E-state index contributed by atoms with van der Waals surface area (Å²) in [6.45, 7) is 10.00. The average Bonchev–Trinajstić information content (AvgIpc) is 1.79. The third-order valence-electron chi connectivity index (χ3n) is 22.0. The Kier molecular flexibility index (Phi) is 21.1. The van der Waals surface area contributed by atoms with Crippen molar-refractivity contribution in [3.63, 3.8) is 0 Å². The summed E-state index contributed by atoms with van der Waals surface area (Å²) < 4.78 is 73.7. The number of hydrogen-bond acceptors (Lipinski definition) is 27. The van der Waals surface area contributed by atoms with Crippen LogP contribution in [0.25, 0.3) is 0 Å². The molecule has 0 aromatic rings. The lowest BCUT2D eigenvalue weighted by molar-refractivity contribution is -0.411. The van der Waals surface area contributed by atoms with Gasteiger partial charge in [0.1, 0.15) is 116 Å². The fraction of sp³-hybridized carbons (Fsp3) is 1.00. The number of fused-ring (bicyclic) bond motifs is 5. The predicted octanol–water partition coefficient (Wildman–Crippen LogP) is -3.28. The SMILES string of the molecule is CC[C@H]1[C@@H](O[C@@]2(C)CC[C@@H](C)CO2)C[C@H]2[C@@H]3CC[C@H]4C[C@@H](O[C@@H]5OC(CO)[C@H](O[C@@H]6OC(CO)[C@@H](O)[C@H](O[C@@H]7OC(CO)[C@@H](O)[C@H](O)C7O)C6O[C@@H]6OC(CO)[C@@H](O)[C@H](O[C@@H]7OC(C)[C@H](O)C(O)[C@@H]7O)C6O)[C@H](O)C5O)CC[C@]4(C)[C@H]3CC[C@@]21C. The van der Waals surface area contributed by atoms with Gasteiger partial charge in [-0.2, -0.15) is 0 Å². The van der Waals surface area contributed by atoms with Gasteiger partial charge >= 0.3 is 0 Å². The van der Waals surface area contributed by atoms with Gasteiger partial charge in [0.15, 0.2) is 37.2 Å². The van der Waals surface area contributed by atoms with Crippen LogP contribution in [0, 0.1) is 46.3 Å². The summed E-state index contributed by atoms with van der Waals surface area (Å²) in [4.78, 5) is 0. The maximum atomic E-state index is 12.0. The Balaban J connectivity index is 0.847. The molecule has 0 bridgehead atoms. The Hall–Kier alpha value is -1.08. The average molecular weight is 1230 g/mol. The molecule has 85 heavy (non-hydrogen) atoms. The van der Waals surface area contributed by atoms with E-state index in [9.17, 15) is 76.6 Å². The molecule has 36 atom stereocenters. The largest absolute Gasteiger partial charge is 0.394 e. The first-order valence-corrected chi connectivity index (χ1v) is 31.1. The zero-order valence-corrected chi connectivity index (χ0v) is 49.5. The zero-order chi connectivity index (χ0) is 61.4. The molecule has 15 N–H and O–H groups in total. The van der Waals surface area contributed by atoms with Crippen LogP contribution < -0.4 is 0 Å². The summed E-state index contributed by atoms with van der Waals surface area (Å²) in [6, 6.07) is 0. The van der Waals surface area contributed by atoms with Crippen molar-refractivity contribution >= 4 is 0 Å². The molecule has 27 nitrogen and oxygen atoms in total. The molecular formula is C58H98O27. The first kappa shape index (κ1) is 66.8. The number of rotatable bonds is 17. The zero-order valence-electron chi connectivity index (χ0n) is 49.5. The van der Waals surface area contributed by atoms with Gasteiger partial charge < -0.3 is 133 Å². The van der Waals surface area contributed by atoms with Crippen LogP contribution in [0.5, 0.6) is 0 Å². The molecule has 27 heteroatoms. The van der Waals surface area contributed by atoms with Gasteiger partial charge in [-0.1, -0.05) is 34.1 Å². The minimum Gasteiger partial charge on any atom is -0.394 e. The Morgan fingerprint density at radius 1 is 0.435 bits per heavy atom. The van der Waals surface area contributed by atoms with Gasteiger partial charge in [0.2, 0.25) is 0 Å². The van der Waals surface area contributed by atoms with E-state index >= 15 is 0 Å². The lowest BCUT2D eigenvalue weighted by Gasteiger charge is -2.61. The van der Waals surface area contributed by atoms with Crippen molar-refractivity contribution in [2.45, 2.75) is 284 Å². The predicted molar refractivity (Wildman–Crippen MR) is 286 cm³/mol. The van der Waals surface area contributed by atoms with Crippen molar-refractivity contribution in [3.8, 4) is 0 Å². The van der Waals surface area contributed by atoms with E-state index in [4.69, 9.17) is 56.8 Å². The summed E-state index contributed by atoms with van der Waals surface area (Å²) in [5.74, 6) is 2.28. The molecule has 10 unspecified atom stereocenters. The first-order valence-electron chi connectivity index (χ1n) is 31.1. The molecule has 4 aliphatic carbocycles. The first-order chi connectivity index (χ1) is 40.3. The van der Waals surface area contributed by atoms with Crippen molar-refractivity contribution in [2.75, 3.05) is 33.0 Å². The van der Waals surface area contributed by atoms with Crippen LogP contribution in [0.2, 0.25) is 0 Å². The molecule has 0 aromatic carbocycles. The topological polar surface area (TPSA) is 414 Å². The third kappa shape index (κ3) is 12.7. The number of ether oxygens (including phenoxy) is 12. The van der Waals surface area contributed by atoms with Crippen LogP contribution >= 0.6 is 0 Å². The van der Waals surface area contributed by atoms with Crippen LogP contribution in [0.15, 0.2) is 0 Å². The standard InChI is InChI=1S/C58H98O27/c1-7-28-31(85-58(6)15-10-23(2)22-74-58)17-30-27-9-8-25-16-26(11-13-56(25,4)29(27)12-14-57(28,30)5)76-52-45(72)42(69)47(35(21-62)80-52)81-55-50(49(39(66)34(20-61)79-55)83-53-44(71)41(68)37(64)32(18-59)77-53)84-54-46(73)48(38(65)33(19-60)78-54)82-51-43(70)40(67)36(63)24(3)75-51/h23-55,59-73H,7-22H2,1-6H3/t23-,24?,25+,26+,27-,28+,29+,30+,31+,32?,33?,34?,35?,36+,37-,38-,39-,40?,41+,42-,43+,44?,45?,46?,47+,48+,49+,50?,51+,52-,53+,54+,55+,56+,57-,58+/m1/s1. The van der Waals surface area contributed by atoms with Crippen LogP contribution in [0.4, 0.5) is 0 Å². The smallest absolute Gasteiger partial charge is 0.187 e. The van der Waals surface area contributed by atoms with E-state index in [0.717, 1.165) is 57.8 Å². The van der Waals surface area contributed by atoms with E-state index in [0.29, 0.717) is 55.0 Å². The summed E-state index contributed by atoms with van der Waals surface area (Å²) in [7, 11) is 0. The minimum atomic E-state index is -2.16. The van der Waals surface area contributed by atoms with Gasteiger partial charge in [0.05, 0.1) is 51.3 Å². The molecule has 0 aromatic heterocycles. The Bertz CT molecular complexity index is 2140. The second-order valence-corrected chi connectivity index (χ2v) is 27.1. The second kappa shape index (κ2) is 26.9. The summed E-state index contributed by atoms with van der Waals surface area (Å²) >= 11 is 0. The molecule has 0 spiro atoms. The van der Waals surface area contributed by atoms with Crippen LogP contribution in [0.3, 0.4) is 0 Å². The van der Waals surface area contributed by atoms with Crippen molar-refractivity contribution in [3.05, 3.63) is 0 Å². The maximum Gasteiger partial charge on any atom is 0.187 e. The molecule has 6 saturated heterocycles. The van der Waals surface area contributed by atoms with Crippen LogP contribution in [-0.4, -0.2) is 281 Å². The molecule has 492 valence electrons. The molecule has 6 heterocycles. The van der Waals surface area contributed by atoms with E-state index in [1.54, 1.807) is 0 Å². The highest BCUT2D eigenvalue weighted by Crippen LogP contribution is 2.68. The van der Waals surface area contributed by atoms with Gasteiger partial charge in [0.25, 0.3) is 0 Å². The normalized spacial score (nSPS) is 55.8. The van der Waals surface area contributed by atoms with E-state index in [-0.39, 0.29) is 16.9 Å². The lowest BCUT2D eigenvalue weighted by atomic mass is 9.44.